The first-order valence-corrected chi connectivity index (χ1v) is 8.13. The molecule has 5 nitrogen and oxygen atoms in total. The third-order valence-corrected chi connectivity index (χ3v) is 5.21. The summed E-state index contributed by atoms with van der Waals surface area (Å²) in [5, 5.41) is 8.87. The minimum atomic E-state index is -3.47. The average Bonchev–Trinajstić information content (AvgIpc) is 2.38. The van der Waals surface area contributed by atoms with Gasteiger partial charge in [0.05, 0.1) is 17.1 Å². The summed E-state index contributed by atoms with van der Waals surface area (Å²) in [6.07, 6.45) is 0.533. The van der Waals surface area contributed by atoms with Crippen LogP contribution < -0.4 is 0 Å². The van der Waals surface area contributed by atoms with Crippen molar-refractivity contribution >= 4 is 10.0 Å². The van der Waals surface area contributed by atoms with Crippen molar-refractivity contribution < 1.29 is 18.3 Å². The molecule has 0 radical (unpaired) electrons. The molecule has 0 aromatic heterocycles. The lowest BCUT2D eigenvalue weighted by Gasteiger charge is -2.37. The summed E-state index contributed by atoms with van der Waals surface area (Å²) >= 11 is 0. The van der Waals surface area contributed by atoms with Gasteiger partial charge in [0.25, 0.3) is 0 Å². The number of aliphatic hydroxyl groups excluding tert-OH is 1. The van der Waals surface area contributed by atoms with Gasteiger partial charge in [0.15, 0.2) is 0 Å². The Labute approximate surface area is 120 Å². The first-order valence-electron chi connectivity index (χ1n) is 6.69. The van der Waals surface area contributed by atoms with Crippen LogP contribution in [-0.2, 0) is 21.2 Å². The van der Waals surface area contributed by atoms with Crippen molar-refractivity contribution in [1.29, 1.82) is 0 Å². The van der Waals surface area contributed by atoms with E-state index < -0.39 is 15.6 Å². The highest BCUT2D eigenvalue weighted by Crippen LogP contribution is 2.23. The van der Waals surface area contributed by atoms with E-state index in [4.69, 9.17) is 9.84 Å². The van der Waals surface area contributed by atoms with E-state index in [1.807, 2.05) is 13.8 Å². The minimum absolute atomic E-state index is 0.0593. The van der Waals surface area contributed by atoms with E-state index in [9.17, 15) is 8.42 Å². The summed E-state index contributed by atoms with van der Waals surface area (Å²) in [4.78, 5) is 0.289. The van der Waals surface area contributed by atoms with E-state index in [2.05, 4.69) is 0 Å². The summed E-state index contributed by atoms with van der Waals surface area (Å²) in [5.41, 5.74) is 0.469. The maximum absolute atomic E-state index is 12.6. The largest absolute Gasteiger partial charge is 0.396 e. The molecule has 2 rings (SSSR count). The zero-order valence-corrected chi connectivity index (χ0v) is 12.7. The van der Waals surface area contributed by atoms with Gasteiger partial charge >= 0.3 is 0 Å². The van der Waals surface area contributed by atoms with E-state index in [1.165, 1.54) is 4.31 Å². The Morgan fingerprint density at radius 1 is 1.30 bits per heavy atom. The predicted molar refractivity (Wildman–Crippen MR) is 76.0 cm³/mol. The summed E-state index contributed by atoms with van der Waals surface area (Å²) < 4.78 is 32.1. The number of benzene rings is 1. The van der Waals surface area contributed by atoms with E-state index in [0.29, 0.717) is 26.1 Å². The quantitative estimate of drug-likeness (QED) is 0.901. The molecular weight excluding hydrogens is 278 g/mol. The normalized spacial score (nSPS) is 19.9. The van der Waals surface area contributed by atoms with Crippen LogP contribution in [0.3, 0.4) is 0 Å². The molecule has 20 heavy (non-hydrogen) atoms. The van der Waals surface area contributed by atoms with Crippen molar-refractivity contribution in [1.82, 2.24) is 4.31 Å². The number of aliphatic hydroxyl groups is 1. The number of hydrogen-bond donors (Lipinski definition) is 1. The van der Waals surface area contributed by atoms with Gasteiger partial charge in [-0.25, -0.2) is 8.42 Å². The van der Waals surface area contributed by atoms with Gasteiger partial charge in [-0.05, 0) is 38.0 Å². The van der Waals surface area contributed by atoms with Crippen molar-refractivity contribution in [3.63, 3.8) is 0 Å². The second kappa shape index (κ2) is 5.81. The number of rotatable bonds is 4. The fourth-order valence-corrected chi connectivity index (χ4v) is 3.86. The smallest absolute Gasteiger partial charge is 0.243 e. The molecule has 0 atom stereocenters. The Hall–Kier alpha value is -0.950. The maximum Gasteiger partial charge on any atom is 0.243 e. The molecule has 1 N–H and O–H groups in total. The van der Waals surface area contributed by atoms with E-state index in [1.54, 1.807) is 24.3 Å². The zero-order chi connectivity index (χ0) is 14.8. The lowest BCUT2D eigenvalue weighted by atomic mass is 10.1. The van der Waals surface area contributed by atoms with Crippen molar-refractivity contribution in [2.45, 2.75) is 30.8 Å². The minimum Gasteiger partial charge on any atom is -0.396 e. The van der Waals surface area contributed by atoms with Crippen LogP contribution in [0, 0.1) is 0 Å². The zero-order valence-electron chi connectivity index (χ0n) is 11.9. The first kappa shape index (κ1) is 15.4. The molecule has 0 unspecified atom stereocenters. The second-order valence-electron chi connectivity index (χ2n) is 5.56. The van der Waals surface area contributed by atoms with Crippen molar-refractivity contribution in [3.8, 4) is 0 Å². The molecular formula is C14H21NO4S. The van der Waals surface area contributed by atoms with E-state index >= 15 is 0 Å². The summed E-state index contributed by atoms with van der Waals surface area (Å²) in [6.45, 7) is 4.98. The lowest BCUT2D eigenvalue weighted by molar-refractivity contribution is -0.0640. The third-order valence-electron chi connectivity index (χ3n) is 3.35. The van der Waals surface area contributed by atoms with Crippen LogP contribution in [0.1, 0.15) is 19.4 Å². The highest BCUT2D eigenvalue weighted by Gasteiger charge is 2.34. The Kier molecular flexibility index (Phi) is 4.49. The Morgan fingerprint density at radius 3 is 2.50 bits per heavy atom. The van der Waals surface area contributed by atoms with Gasteiger partial charge in [-0.15, -0.1) is 0 Å². The molecule has 1 aliphatic heterocycles. The van der Waals surface area contributed by atoms with Crippen LogP contribution in [-0.4, -0.2) is 49.7 Å². The number of hydrogen-bond acceptors (Lipinski definition) is 4. The van der Waals surface area contributed by atoms with Crippen molar-refractivity contribution in [2.24, 2.45) is 0 Å². The maximum atomic E-state index is 12.6. The number of ether oxygens (including phenoxy) is 1. The van der Waals surface area contributed by atoms with Gasteiger partial charge in [0.2, 0.25) is 10.0 Å². The Bertz CT molecular complexity index is 551. The molecule has 0 amide bonds. The van der Waals surface area contributed by atoms with Gasteiger partial charge in [-0.1, -0.05) is 12.1 Å². The highest BCUT2D eigenvalue weighted by atomic mass is 32.2. The summed E-state index contributed by atoms with van der Waals surface area (Å²) in [5.74, 6) is 0. The molecule has 1 fully saturated rings. The SMILES string of the molecule is CC1(C)CN(S(=O)(=O)c2ccc(CCO)cc2)CCO1. The molecule has 1 heterocycles. The Balaban J connectivity index is 2.21. The lowest BCUT2D eigenvalue weighted by Crippen LogP contribution is -2.50. The molecule has 6 heteroatoms. The summed E-state index contributed by atoms with van der Waals surface area (Å²) in [6, 6.07) is 6.69. The molecule has 0 spiro atoms. The van der Waals surface area contributed by atoms with Gasteiger partial charge in [-0.3, -0.25) is 0 Å². The van der Waals surface area contributed by atoms with Crippen LogP contribution in [0.25, 0.3) is 0 Å². The molecule has 0 aliphatic carbocycles. The standard InChI is InChI=1S/C14H21NO4S/c1-14(2)11-15(8-10-19-14)20(17,18)13-5-3-12(4-6-13)7-9-16/h3-6,16H,7-11H2,1-2H3. The van der Waals surface area contributed by atoms with Gasteiger partial charge in [0.1, 0.15) is 0 Å². The number of nitrogens with zero attached hydrogens (tertiary/aromatic N) is 1. The number of morpholine rings is 1. The van der Waals surface area contributed by atoms with Crippen molar-refractivity contribution in [3.05, 3.63) is 29.8 Å². The van der Waals surface area contributed by atoms with Gasteiger partial charge in [-0.2, -0.15) is 4.31 Å². The molecule has 0 bridgehead atoms. The molecule has 112 valence electrons. The third kappa shape index (κ3) is 3.38. The van der Waals surface area contributed by atoms with Crippen LogP contribution in [0.4, 0.5) is 0 Å². The van der Waals surface area contributed by atoms with Crippen LogP contribution in [0.2, 0.25) is 0 Å². The average molecular weight is 299 g/mol. The fraction of sp³-hybridized carbons (Fsp3) is 0.571. The van der Waals surface area contributed by atoms with Crippen LogP contribution in [0.5, 0.6) is 0 Å². The van der Waals surface area contributed by atoms with Crippen molar-refractivity contribution in [2.75, 3.05) is 26.3 Å². The predicted octanol–water partition coefficient (Wildman–Crippen LogP) is 1.02. The van der Waals surface area contributed by atoms with Crippen LogP contribution in [0.15, 0.2) is 29.2 Å². The molecule has 0 saturated carbocycles. The first-order chi connectivity index (χ1) is 9.35. The number of sulfonamides is 1. The monoisotopic (exact) mass is 299 g/mol. The van der Waals surface area contributed by atoms with Gasteiger partial charge in [0, 0.05) is 19.7 Å². The summed E-state index contributed by atoms with van der Waals surface area (Å²) in [7, 11) is -3.47. The highest BCUT2D eigenvalue weighted by molar-refractivity contribution is 7.89. The molecule has 1 aliphatic rings. The van der Waals surface area contributed by atoms with Gasteiger partial charge < -0.3 is 9.84 Å². The topological polar surface area (TPSA) is 66.8 Å². The molecule has 1 saturated heterocycles. The second-order valence-corrected chi connectivity index (χ2v) is 7.50. The molecule has 1 aromatic carbocycles. The van der Waals surface area contributed by atoms with E-state index in [-0.39, 0.29) is 11.5 Å². The fourth-order valence-electron chi connectivity index (χ4n) is 2.28. The Morgan fingerprint density at radius 2 is 1.95 bits per heavy atom. The van der Waals surface area contributed by atoms with E-state index in [0.717, 1.165) is 5.56 Å². The molecule has 1 aromatic rings. The van der Waals surface area contributed by atoms with Crippen LogP contribution >= 0.6 is 0 Å².